The van der Waals surface area contributed by atoms with Crippen LogP contribution in [0.5, 0.6) is 0 Å². The first kappa shape index (κ1) is 26.3. The highest BCUT2D eigenvalue weighted by Crippen LogP contribution is 2.08. The van der Waals surface area contributed by atoms with E-state index >= 15 is 0 Å². The lowest BCUT2D eigenvalue weighted by atomic mass is 10.1. The van der Waals surface area contributed by atoms with E-state index < -0.39 is 17.9 Å². The van der Waals surface area contributed by atoms with Crippen LogP contribution in [0.3, 0.4) is 0 Å². The number of nitrogens with zero attached hydrogens (tertiary/aromatic N) is 5. The van der Waals surface area contributed by atoms with Crippen LogP contribution in [0.2, 0.25) is 0 Å². The number of hydrogen-bond acceptors (Lipinski definition) is 6. The number of hydrogen-bond donors (Lipinski definition) is 2. The average molecular weight is 522 g/mol. The van der Waals surface area contributed by atoms with E-state index in [0.717, 1.165) is 5.56 Å². The molecule has 1 unspecified atom stereocenters. The van der Waals surface area contributed by atoms with E-state index in [0.29, 0.717) is 5.69 Å². The van der Waals surface area contributed by atoms with Crippen molar-refractivity contribution in [3.63, 3.8) is 0 Å². The summed E-state index contributed by atoms with van der Waals surface area (Å²) in [5.41, 5.74) is 0.874. The van der Waals surface area contributed by atoms with E-state index in [1.807, 2.05) is 30.3 Å². The van der Waals surface area contributed by atoms with Crippen molar-refractivity contribution in [1.29, 1.82) is 0 Å². The summed E-state index contributed by atoms with van der Waals surface area (Å²) >= 11 is 0. The summed E-state index contributed by atoms with van der Waals surface area (Å²) in [6.45, 7) is -0.193. The van der Waals surface area contributed by atoms with Crippen molar-refractivity contribution in [3.05, 3.63) is 106 Å². The summed E-state index contributed by atoms with van der Waals surface area (Å²) in [6, 6.07) is 14.8. The molecular weight excluding hydrogens is 496 g/mol. The molecular formula is C26H25F2N7O3. The van der Waals surface area contributed by atoms with Gasteiger partial charge in [0.1, 0.15) is 12.0 Å². The van der Waals surface area contributed by atoms with Crippen LogP contribution >= 0.6 is 0 Å². The lowest BCUT2D eigenvalue weighted by molar-refractivity contribution is -0.115. The molecule has 1 aromatic carbocycles. The molecule has 12 heteroatoms. The molecule has 0 spiro atoms. The van der Waals surface area contributed by atoms with Gasteiger partial charge in [-0.3, -0.25) is 19.4 Å². The van der Waals surface area contributed by atoms with Crippen molar-refractivity contribution in [1.82, 2.24) is 29.9 Å². The number of rotatable bonds is 11. The van der Waals surface area contributed by atoms with Crippen molar-refractivity contribution in [2.45, 2.75) is 38.6 Å². The smallest absolute Gasteiger partial charge is 0.273 e. The number of nitrogens with one attached hydrogen (secondary N) is 2. The number of alkyl halides is 1. The van der Waals surface area contributed by atoms with E-state index in [4.69, 9.17) is 0 Å². The summed E-state index contributed by atoms with van der Waals surface area (Å²) in [4.78, 5) is 40.7. The summed E-state index contributed by atoms with van der Waals surface area (Å²) in [7, 11) is 0. The first-order valence-corrected chi connectivity index (χ1v) is 11.8. The largest absolute Gasteiger partial charge is 0.345 e. The third-order valence-corrected chi connectivity index (χ3v) is 5.58. The van der Waals surface area contributed by atoms with Crippen LogP contribution in [0.1, 0.15) is 28.2 Å². The summed E-state index contributed by atoms with van der Waals surface area (Å²) in [5, 5.41) is 12.7. The molecule has 3 heterocycles. The second-order valence-electron chi connectivity index (χ2n) is 8.48. The number of halogens is 2. The minimum absolute atomic E-state index is 0.0139. The molecule has 0 saturated carbocycles. The van der Waals surface area contributed by atoms with Crippen LogP contribution in [0.4, 0.5) is 14.5 Å². The van der Waals surface area contributed by atoms with Crippen molar-refractivity contribution >= 4 is 17.5 Å². The molecule has 38 heavy (non-hydrogen) atoms. The third kappa shape index (κ3) is 7.38. The Kier molecular flexibility index (Phi) is 8.65. The summed E-state index contributed by atoms with van der Waals surface area (Å²) in [5.74, 6) is -1.39. The van der Waals surface area contributed by atoms with E-state index in [-0.39, 0.29) is 55.3 Å². The minimum Gasteiger partial charge on any atom is -0.345 e. The molecule has 196 valence electrons. The number of aromatic nitrogens is 5. The molecule has 4 rings (SSSR count). The lowest BCUT2D eigenvalue weighted by Gasteiger charge is -2.11. The van der Waals surface area contributed by atoms with Gasteiger partial charge in [-0.1, -0.05) is 35.5 Å². The standard InChI is InChI=1S/C26H25F2N7O3/c27-19(16-35-17-23(32-33-35)26(38)30-15-22-21(28)7-4-10-29-22)8-11-34-12-9-20(14-25(34)37)31-24(36)13-18-5-2-1-3-6-18/h1-7,9-10,12,14,17,19H,8,11,13,15-16H2,(H,30,38)(H,31,36). The minimum atomic E-state index is -1.37. The highest BCUT2D eigenvalue weighted by molar-refractivity contribution is 5.92. The number of amides is 2. The molecule has 4 aromatic rings. The third-order valence-electron chi connectivity index (χ3n) is 5.58. The Bertz CT molecular complexity index is 1460. The van der Waals surface area contributed by atoms with Crippen molar-refractivity contribution in [2.75, 3.05) is 5.32 Å². The summed E-state index contributed by atoms with van der Waals surface area (Å²) in [6.07, 6.45) is 3.02. The van der Waals surface area contributed by atoms with Gasteiger partial charge in [-0.05, 0) is 30.2 Å². The van der Waals surface area contributed by atoms with Gasteiger partial charge in [0.05, 0.1) is 31.4 Å². The lowest BCUT2D eigenvalue weighted by Crippen LogP contribution is -2.24. The van der Waals surface area contributed by atoms with Crippen LogP contribution in [0, 0.1) is 5.82 Å². The average Bonchev–Trinajstić information content (AvgIpc) is 3.36. The van der Waals surface area contributed by atoms with Crippen LogP contribution in [-0.2, 0) is 30.8 Å². The van der Waals surface area contributed by atoms with E-state index in [2.05, 4.69) is 25.9 Å². The molecule has 3 aromatic heterocycles. The Labute approximate surface area is 216 Å². The zero-order valence-corrected chi connectivity index (χ0v) is 20.3. The SMILES string of the molecule is O=C(Cc1ccccc1)Nc1ccn(CCC(F)Cn2cc(C(=O)NCc3ncccc3F)nn2)c(=O)c1. The van der Waals surface area contributed by atoms with E-state index in [1.165, 1.54) is 46.0 Å². The zero-order valence-electron chi connectivity index (χ0n) is 20.3. The van der Waals surface area contributed by atoms with Crippen molar-refractivity contribution in [2.24, 2.45) is 0 Å². The highest BCUT2D eigenvalue weighted by atomic mass is 19.1. The van der Waals surface area contributed by atoms with Gasteiger partial charge in [0.2, 0.25) is 5.91 Å². The van der Waals surface area contributed by atoms with Crippen LogP contribution < -0.4 is 16.2 Å². The molecule has 0 aliphatic rings. The number of carbonyl (C=O) groups excluding carboxylic acids is 2. The fraction of sp³-hybridized carbons (Fsp3) is 0.231. The monoisotopic (exact) mass is 521 g/mol. The Balaban J connectivity index is 1.23. The van der Waals surface area contributed by atoms with E-state index in [9.17, 15) is 23.2 Å². The summed E-state index contributed by atoms with van der Waals surface area (Å²) < 4.78 is 30.7. The first-order chi connectivity index (χ1) is 18.4. The van der Waals surface area contributed by atoms with Gasteiger partial charge < -0.3 is 15.2 Å². The molecule has 10 nitrogen and oxygen atoms in total. The van der Waals surface area contributed by atoms with Crippen molar-refractivity contribution in [3.8, 4) is 0 Å². The predicted molar refractivity (Wildman–Crippen MR) is 134 cm³/mol. The van der Waals surface area contributed by atoms with Gasteiger partial charge in [0.25, 0.3) is 11.5 Å². The fourth-order valence-electron chi connectivity index (χ4n) is 3.62. The fourth-order valence-corrected chi connectivity index (χ4v) is 3.62. The van der Waals surface area contributed by atoms with Crippen LogP contribution in [0.15, 0.2) is 78.0 Å². The molecule has 2 amide bonds. The van der Waals surface area contributed by atoms with Crippen LogP contribution in [0.25, 0.3) is 0 Å². The molecule has 0 aliphatic heterocycles. The number of anilines is 1. The molecule has 0 fully saturated rings. The molecule has 0 radical (unpaired) electrons. The Hall–Kier alpha value is -4.74. The van der Waals surface area contributed by atoms with E-state index in [1.54, 1.807) is 6.07 Å². The van der Waals surface area contributed by atoms with Gasteiger partial charge in [0, 0.05) is 30.7 Å². The number of benzene rings is 1. The Morgan fingerprint density at radius 3 is 2.66 bits per heavy atom. The first-order valence-electron chi connectivity index (χ1n) is 11.8. The van der Waals surface area contributed by atoms with Gasteiger partial charge in [-0.25, -0.2) is 13.5 Å². The molecule has 0 bridgehead atoms. The maximum absolute atomic E-state index is 14.6. The number of aryl methyl sites for hydroxylation is 1. The number of carbonyl (C=O) groups is 2. The molecule has 1 atom stereocenters. The normalized spacial score (nSPS) is 11.6. The Morgan fingerprint density at radius 1 is 1.08 bits per heavy atom. The van der Waals surface area contributed by atoms with Gasteiger partial charge in [-0.2, -0.15) is 0 Å². The van der Waals surface area contributed by atoms with Gasteiger partial charge >= 0.3 is 0 Å². The molecule has 2 N–H and O–H groups in total. The second-order valence-corrected chi connectivity index (χ2v) is 8.48. The van der Waals surface area contributed by atoms with Gasteiger partial charge in [0.15, 0.2) is 5.69 Å². The zero-order chi connectivity index (χ0) is 26.9. The second kappa shape index (κ2) is 12.5. The van der Waals surface area contributed by atoms with Crippen molar-refractivity contribution < 1.29 is 18.4 Å². The molecule has 0 saturated heterocycles. The Morgan fingerprint density at radius 2 is 1.89 bits per heavy atom. The van der Waals surface area contributed by atoms with Crippen LogP contribution in [-0.4, -0.2) is 42.5 Å². The maximum Gasteiger partial charge on any atom is 0.273 e. The highest BCUT2D eigenvalue weighted by Gasteiger charge is 2.15. The number of pyridine rings is 2. The topological polar surface area (TPSA) is 124 Å². The quantitative estimate of drug-likeness (QED) is 0.313. The maximum atomic E-state index is 14.6. The predicted octanol–water partition coefficient (Wildman–Crippen LogP) is 2.51. The van der Waals surface area contributed by atoms with Gasteiger partial charge in [-0.15, -0.1) is 5.10 Å². The molecule has 0 aliphatic carbocycles.